The van der Waals surface area contributed by atoms with Crippen LogP contribution in [0.1, 0.15) is 18.0 Å². The number of aliphatic hydroxyl groups excluding tert-OH is 1. The topological polar surface area (TPSA) is 66.5 Å². The van der Waals surface area contributed by atoms with E-state index in [0.717, 1.165) is 12.1 Å². The maximum absolute atomic E-state index is 13.2. The van der Waals surface area contributed by atoms with Crippen molar-refractivity contribution in [2.75, 3.05) is 6.61 Å². The lowest BCUT2D eigenvalue weighted by molar-refractivity contribution is 0.273. The van der Waals surface area contributed by atoms with E-state index >= 15 is 0 Å². The second kappa shape index (κ2) is 4.34. The van der Waals surface area contributed by atoms with Crippen LogP contribution in [0.25, 0.3) is 0 Å². The summed E-state index contributed by atoms with van der Waals surface area (Å²) < 4.78 is 26.3. The molecule has 0 aliphatic heterocycles. The Hall–Kier alpha value is -1.20. The number of hydrogen-bond acceptors (Lipinski definition) is 3. The Bertz CT molecular complexity index is 331. The predicted molar refractivity (Wildman–Crippen MR) is 46.7 cm³/mol. The van der Waals surface area contributed by atoms with E-state index in [0.29, 0.717) is 0 Å². The van der Waals surface area contributed by atoms with Gasteiger partial charge in [-0.05, 0) is 18.6 Å². The van der Waals surface area contributed by atoms with Gasteiger partial charge in [-0.3, -0.25) is 0 Å². The van der Waals surface area contributed by atoms with Crippen LogP contribution in [0.3, 0.4) is 0 Å². The first-order valence-electron chi connectivity index (χ1n) is 4.11. The molecule has 78 valence electrons. The van der Waals surface area contributed by atoms with Crippen molar-refractivity contribution in [3.05, 3.63) is 29.3 Å². The number of phenolic OH excluding ortho intramolecular Hbond substituents is 1. The van der Waals surface area contributed by atoms with Gasteiger partial charge in [-0.15, -0.1) is 0 Å². The SMILES string of the molecule is NC(CCO)c1c(F)ccc(O)c1F. The summed E-state index contributed by atoms with van der Waals surface area (Å²) in [5.74, 6) is -2.53. The number of benzene rings is 1. The highest BCUT2D eigenvalue weighted by atomic mass is 19.1. The maximum atomic E-state index is 13.2. The molecule has 1 aromatic rings. The fourth-order valence-corrected chi connectivity index (χ4v) is 1.18. The third-order valence-corrected chi connectivity index (χ3v) is 1.92. The summed E-state index contributed by atoms with van der Waals surface area (Å²) in [4.78, 5) is 0. The second-order valence-electron chi connectivity index (χ2n) is 2.91. The first kappa shape index (κ1) is 10.9. The number of rotatable bonds is 3. The normalized spacial score (nSPS) is 12.9. The number of hydrogen-bond donors (Lipinski definition) is 3. The molecule has 1 unspecified atom stereocenters. The summed E-state index contributed by atoms with van der Waals surface area (Å²) in [6.45, 7) is -0.268. The Morgan fingerprint density at radius 2 is 2.00 bits per heavy atom. The van der Waals surface area contributed by atoms with Gasteiger partial charge < -0.3 is 15.9 Å². The van der Waals surface area contributed by atoms with Gasteiger partial charge in [-0.1, -0.05) is 0 Å². The molecule has 0 radical (unpaired) electrons. The minimum Gasteiger partial charge on any atom is -0.505 e. The summed E-state index contributed by atoms with van der Waals surface area (Å²) in [6, 6.07) is 0.900. The molecule has 0 saturated heterocycles. The van der Waals surface area contributed by atoms with Gasteiger partial charge in [0.15, 0.2) is 11.6 Å². The number of phenols is 1. The maximum Gasteiger partial charge on any atom is 0.172 e. The van der Waals surface area contributed by atoms with Crippen LogP contribution in [-0.4, -0.2) is 16.8 Å². The average molecular weight is 203 g/mol. The Morgan fingerprint density at radius 3 is 2.57 bits per heavy atom. The summed E-state index contributed by atoms with van der Waals surface area (Å²) in [5, 5.41) is 17.5. The van der Waals surface area contributed by atoms with Crippen molar-refractivity contribution in [1.29, 1.82) is 0 Å². The Labute approximate surface area is 79.8 Å². The van der Waals surface area contributed by atoms with Crippen LogP contribution in [-0.2, 0) is 0 Å². The largest absolute Gasteiger partial charge is 0.505 e. The van der Waals surface area contributed by atoms with Gasteiger partial charge in [0.05, 0.1) is 0 Å². The van der Waals surface area contributed by atoms with Gasteiger partial charge in [0, 0.05) is 18.2 Å². The third-order valence-electron chi connectivity index (χ3n) is 1.92. The van der Waals surface area contributed by atoms with Crippen molar-refractivity contribution in [2.24, 2.45) is 5.73 Å². The lowest BCUT2D eigenvalue weighted by Crippen LogP contribution is -2.15. The van der Waals surface area contributed by atoms with Crippen molar-refractivity contribution in [1.82, 2.24) is 0 Å². The average Bonchev–Trinajstić information content (AvgIpc) is 2.13. The van der Waals surface area contributed by atoms with Gasteiger partial charge in [-0.2, -0.15) is 0 Å². The lowest BCUT2D eigenvalue weighted by atomic mass is 10.0. The van der Waals surface area contributed by atoms with Crippen LogP contribution >= 0.6 is 0 Å². The molecule has 1 atom stereocenters. The van der Waals surface area contributed by atoms with Crippen molar-refractivity contribution >= 4 is 0 Å². The van der Waals surface area contributed by atoms with E-state index in [9.17, 15) is 8.78 Å². The second-order valence-corrected chi connectivity index (χ2v) is 2.91. The first-order valence-corrected chi connectivity index (χ1v) is 4.11. The number of nitrogens with two attached hydrogens (primary N) is 1. The summed E-state index contributed by atoms with van der Waals surface area (Å²) in [6.07, 6.45) is 0.0390. The van der Waals surface area contributed by atoms with Crippen LogP contribution in [0.5, 0.6) is 5.75 Å². The number of aromatic hydroxyl groups is 1. The van der Waals surface area contributed by atoms with Gasteiger partial charge >= 0.3 is 0 Å². The van der Waals surface area contributed by atoms with E-state index in [1.165, 1.54) is 0 Å². The Morgan fingerprint density at radius 1 is 1.36 bits per heavy atom. The molecule has 0 aliphatic rings. The van der Waals surface area contributed by atoms with E-state index in [1.54, 1.807) is 0 Å². The Kier molecular flexibility index (Phi) is 3.38. The van der Waals surface area contributed by atoms with Crippen molar-refractivity contribution in [3.8, 4) is 5.75 Å². The molecule has 0 amide bonds. The molecule has 14 heavy (non-hydrogen) atoms. The molecule has 0 fully saturated rings. The first-order chi connectivity index (χ1) is 6.57. The smallest absolute Gasteiger partial charge is 0.172 e. The third kappa shape index (κ3) is 2.00. The van der Waals surface area contributed by atoms with Gasteiger partial charge in [-0.25, -0.2) is 8.78 Å². The van der Waals surface area contributed by atoms with Crippen molar-refractivity contribution < 1.29 is 19.0 Å². The summed E-state index contributed by atoms with van der Waals surface area (Å²) >= 11 is 0. The fourth-order valence-electron chi connectivity index (χ4n) is 1.18. The zero-order valence-electron chi connectivity index (χ0n) is 7.37. The van der Waals surface area contributed by atoms with Crippen molar-refractivity contribution in [3.63, 3.8) is 0 Å². The number of aliphatic hydroxyl groups is 1. The van der Waals surface area contributed by atoms with Crippen LogP contribution in [0, 0.1) is 11.6 Å². The van der Waals surface area contributed by atoms with Gasteiger partial charge in [0.1, 0.15) is 5.82 Å². The van der Waals surface area contributed by atoms with Crippen LogP contribution < -0.4 is 5.73 Å². The molecular formula is C9H11F2NO2. The molecular weight excluding hydrogens is 192 g/mol. The van der Waals surface area contributed by atoms with E-state index in [1.807, 2.05) is 0 Å². The van der Waals surface area contributed by atoms with Gasteiger partial charge in [0.2, 0.25) is 0 Å². The summed E-state index contributed by atoms with van der Waals surface area (Å²) in [7, 11) is 0. The highest BCUT2D eigenvalue weighted by molar-refractivity contribution is 5.33. The molecule has 1 rings (SSSR count). The lowest BCUT2D eigenvalue weighted by Gasteiger charge is -2.12. The highest BCUT2D eigenvalue weighted by Crippen LogP contribution is 2.27. The van der Waals surface area contributed by atoms with E-state index in [2.05, 4.69) is 0 Å². The molecule has 0 heterocycles. The quantitative estimate of drug-likeness (QED) is 0.688. The minimum atomic E-state index is -1.06. The molecule has 3 nitrogen and oxygen atoms in total. The summed E-state index contributed by atoms with van der Waals surface area (Å²) in [5.41, 5.74) is 5.04. The molecule has 0 aliphatic carbocycles. The van der Waals surface area contributed by atoms with Crippen LogP contribution in [0.4, 0.5) is 8.78 Å². The minimum absolute atomic E-state index is 0.0390. The van der Waals surface area contributed by atoms with Crippen LogP contribution in [0.2, 0.25) is 0 Å². The van der Waals surface area contributed by atoms with E-state index in [4.69, 9.17) is 15.9 Å². The Balaban J connectivity index is 3.11. The predicted octanol–water partition coefficient (Wildman–Crippen LogP) is 1.05. The molecule has 4 N–H and O–H groups in total. The standard InChI is InChI=1S/C9H11F2NO2/c10-5-1-2-7(14)9(11)8(5)6(12)3-4-13/h1-2,6,13-14H,3-4,12H2. The molecule has 0 saturated carbocycles. The molecule has 5 heteroatoms. The number of halogens is 2. The van der Waals surface area contributed by atoms with E-state index < -0.39 is 23.4 Å². The monoisotopic (exact) mass is 203 g/mol. The zero-order chi connectivity index (χ0) is 10.7. The molecule has 0 aromatic heterocycles. The zero-order valence-corrected chi connectivity index (χ0v) is 7.37. The molecule has 0 bridgehead atoms. The van der Waals surface area contributed by atoms with Gasteiger partial charge in [0.25, 0.3) is 0 Å². The fraction of sp³-hybridized carbons (Fsp3) is 0.333. The van der Waals surface area contributed by atoms with Crippen molar-refractivity contribution in [2.45, 2.75) is 12.5 Å². The highest BCUT2D eigenvalue weighted by Gasteiger charge is 2.18. The molecule has 0 spiro atoms. The van der Waals surface area contributed by atoms with E-state index in [-0.39, 0.29) is 18.6 Å². The van der Waals surface area contributed by atoms with Crippen LogP contribution in [0.15, 0.2) is 12.1 Å². The molecule has 1 aromatic carbocycles.